The number of aromatic carboxylic acids is 1. The average Bonchev–Trinajstić information content (AvgIpc) is 2.77. The number of carbonyl (C=O) groups is 1. The van der Waals surface area contributed by atoms with Crippen LogP contribution in [0.5, 0.6) is 0 Å². The summed E-state index contributed by atoms with van der Waals surface area (Å²) in [5, 5.41) is 12.2. The Morgan fingerprint density at radius 3 is 2.67 bits per heavy atom. The predicted molar refractivity (Wildman–Crippen MR) is 58.9 cm³/mol. The number of carboxylic acids is 1. The third kappa shape index (κ3) is 2.33. The van der Waals surface area contributed by atoms with Gasteiger partial charge in [-0.3, -0.25) is 0 Å². The fourth-order valence-corrected chi connectivity index (χ4v) is 1.61. The summed E-state index contributed by atoms with van der Waals surface area (Å²) in [5.41, 5.74) is -0.629. The molecule has 18 heavy (non-hydrogen) atoms. The van der Waals surface area contributed by atoms with Gasteiger partial charge in [0.15, 0.2) is 11.5 Å². The van der Waals surface area contributed by atoms with Gasteiger partial charge in [-0.25, -0.2) is 13.6 Å². The van der Waals surface area contributed by atoms with Gasteiger partial charge in [0.1, 0.15) is 0 Å². The first-order valence-corrected chi connectivity index (χ1v) is 5.15. The molecular formula is C11H6ClF2NO3. The Hall–Kier alpha value is -1.95. The highest BCUT2D eigenvalue weighted by Gasteiger charge is 2.19. The lowest BCUT2D eigenvalue weighted by molar-refractivity contribution is 0.0685. The standard InChI is InChI=1S/C11H6ClF2NO3/c12-5-1-2-6(10(13)14)7(3-5)9-4-8(11(16)17)15-18-9/h1-4,10H,(H,16,17). The van der Waals surface area contributed by atoms with Gasteiger partial charge in [-0.05, 0) is 12.1 Å². The summed E-state index contributed by atoms with van der Waals surface area (Å²) in [6.07, 6.45) is -2.73. The van der Waals surface area contributed by atoms with Crippen LogP contribution in [0.3, 0.4) is 0 Å². The van der Waals surface area contributed by atoms with E-state index in [0.29, 0.717) is 0 Å². The molecule has 7 heteroatoms. The Bertz CT molecular complexity index is 598. The Labute approximate surface area is 105 Å². The molecule has 0 unspecified atom stereocenters. The number of benzene rings is 1. The SMILES string of the molecule is O=C(O)c1cc(-c2cc(Cl)ccc2C(F)F)on1. The van der Waals surface area contributed by atoms with Gasteiger partial charge in [-0.1, -0.05) is 22.8 Å². The molecule has 1 aromatic carbocycles. The lowest BCUT2D eigenvalue weighted by Crippen LogP contribution is -1.94. The van der Waals surface area contributed by atoms with Gasteiger partial charge in [0.2, 0.25) is 0 Å². The molecule has 1 aromatic heterocycles. The first-order chi connectivity index (χ1) is 8.49. The molecule has 0 spiro atoms. The maximum absolute atomic E-state index is 12.8. The van der Waals surface area contributed by atoms with Crippen LogP contribution in [-0.4, -0.2) is 16.2 Å². The maximum Gasteiger partial charge on any atom is 0.358 e. The molecule has 0 atom stereocenters. The molecule has 0 saturated carbocycles. The first kappa shape index (κ1) is 12.5. The zero-order valence-corrected chi connectivity index (χ0v) is 9.49. The third-order valence-electron chi connectivity index (χ3n) is 2.25. The van der Waals surface area contributed by atoms with Crippen molar-refractivity contribution in [1.82, 2.24) is 5.16 Å². The molecule has 2 rings (SSSR count). The van der Waals surface area contributed by atoms with E-state index in [2.05, 4.69) is 5.16 Å². The fourth-order valence-electron chi connectivity index (χ4n) is 1.44. The van der Waals surface area contributed by atoms with Gasteiger partial charge in [-0.2, -0.15) is 0 Å². The van der Waals surface area contributed by atoms with Gasteiger partial charge >= 0.3 is 5.97 Å². The van der Waals surface area contributed by atoms with Crippen LogP contribution in [0.15, 0.2) is 28.8 Å². The smallest absolute Gasteiger partial charge is 0.358 e. The van der Waals surface area contributed by atoms with Gasteiger partial charge in [0, 0.05) is 22.2 Å². The zero-order chi connectivity index (χ0) is 13.3. The van der Waals surface area contributed by atoms with Gasteiger partial charge in [0.25, 0.3) is 6.43 Å². The monoisotopic (exact) mass is 273 g/mol. The van der Waals surface area contributed by atoms with E-state index in [0.717, 1.165) is 12.1 Å². The average molecular weight is 274 g/mol. The molecule has 0 radical (unpaired) electrons. The summed E-state index contributed by atoms with van der Waals surface area (Å²) in [5.74, 6) is -1.36. The summed E-state index contributed by atoms with van der Waals surface area (Å²) in [7, 11) is 0. The number of rotatable bonds is 3. The number of hydrogen-bond acceptors (Lipinski definition) is 3. The minimum Gasteiger partial charge on any atom is -0.476 e. The third-order valence-corrected chi connectivity index (χ3v) is 2.48. The molecule has 0 aliphatic heterocycles. The van der Waals surface area contributed by atoms with Crippen LogP contribution < -0.4 is 0 Å². The summed E-state index contributed by atoms with van der Waals surface area (Å²) >= 11 is 5.72. The van der Waals surface area contributed by atoms with Gasteiger partial charge in [-0.15, -0.1) is 0 Å². The maximum atomic E-state index is 12.8. The van der Waals surface area contributed by atoms with Gasteiger partial charge < -0.3 is 9.63 Å². The fraction of sp³-hybridized carbons (Fsp3) is 0.0909. The van der Waals surface area contributed by atoms with E-state index < -0.39 is 12.4 Å². The van der Waals surface area contributed by atoms with Crippen molar-refractivity contribution >= 4 is 17.6 Å². The number of alkyl halides is 2. The quantitative estimate of drug-likeness (QED) is 0.927. The lowest BCUT2D eigenvalue weighted by atomic mass is 10.1. The van der Waals surface area contributed by atoms with Crippen molar-refractivity contribution in [3.8, 4) is 11.3 Å². The molecule has 0 aliphatic carbocycles. The van der Waals surface area contributed by atoms with Crippen molar-refractivity contribution in [1.29, 1.82) is 0 Å². The lowest BCUT2D eigenvalue weighted by Gasteiger charge is -2.05. The number of nitrogens with zero attached hydrogens (tertiary/aromatic N) is 1. The van der Waals surface area contributed by atoms with Crippen LogP contribution in [0, 0.1) is 0 Å². The van der Waals surface area contributed by atoms with Crippen LogP contribution in [0.4, 0.5) is 8.78 Å². The molecule has 4 nitrogen and oxygen atoms in total. The molecule has 0 aliphatic rings. The van der Waals surface area contributed by atoms with E-state index in [1.807, 2.05) is 0 Å². The molecule has 0 amide bonds. The molecule has 94 valence electrons. The minimum atomic E-state index is -2.73. The Kier molecular flexibility index (Phi) is 3.29. The topological polar surface area (TPSA) is 63.3 Å². The van der Waals surface area contributed by atoms with Crippen LogP contribution in [0.2, 0.25) is 5.02 Å². The van der Waals surface area contributed by atoms with Crippen molar-refractivity contribution in [2.75, 3.05) is 0 Å². The number of aromatic nitrogens is 1. The largest absolute Gasteiger partial charge is 0.476 e. The predicted octanol–water partition coefficient (Wildman–Crippen LogP) is 3.63. The summed E-state index contributed by atoms with van der Waals surface area (Å²) in [6, 6.07) is 4.82. The molecule has 2 aromatic rings. The molecule has 1 heterocycles. The Morgan fingerprint density at radius 1 is 1.39 bits per heavy atom. The van der Waals surface area contributed by atoms with Crippen LogP contribution in [-0.2, 0) is 0 Å². The Balaban J connectivity index is 2.54. The van der Waals surface area contributed by atoms with Crippen LogP contribution >= 0.6 is 11.6 Å². The number of hydrogen-bond donors (Lipinski definition) is 1. The Morgan fingerprint density at radius 2 is 2.11 bits per heavy atom. The summed E-state index contributed by atoms with van der Waals surface area (Å²) < 4.78 is 30.3. The zero-order valence-electron chi connectivity index (χ0n) is 8.73. The van der Waals surface area contributed by atoms with Crippen LogP contribution in [0.1, 0.15) is 22.5 Å². The highest BCUT2D eigenvalue weighted by molar-refractivity contribution is 6.30. The molecule has 0 saturated heterocycles. The summed E-state index contributed by atoms with van der Waals surface area (Å²) in [6.45, 7) is 0. The second-order valence-corrected chi connectivity index (χ2v) is 3.85. The van der Waals surface area contributed by atoms with E-state index in [4.69, 9.17) is 21.2 Å². The van der Waals surface area contributed by atoms with Crippen LogP contribution in [0.25, 0.3) is 11.3 Å². The van der Waals surface area contributed by atoms with Crippen molar-refractivity contribution < 1.29 is 23.2 Å². The second-order valence-electron chi connectivity index (χ2n) is 3.41. The van der Waals surface area contributed by atoms with Crippen molar-refractivity contribution in [2.45, 2.75) is 6.43 Å². The number of halogens is 3. The molecule has 1 N–H and O–H groups in total. The van der Waals surface area contributed by atoms with Gasteiger partial charge in [0.05, 0.1) is 0 Å². The molecule has 0 fully saturated rings. The number of carboxylic acid groups (broad SMARTS) is 1. The molecule has 0 bridgehead atoms. The molecular weight excluding hydrogens is 268 g/mol. The van der Waals surface area contributed by atoms with E-state index in [9.17, 15) is 13.6 Å². The van der Waals surface area contributed by atoms with E-state index in [-0.39, 0.29) is 27.6 Å². The normalized spacial score (nSPS) is 10.9. The summed E-state index contributed by atoms with van der Waals surface area (Å²) in [4.78, 5) is 10.6. The van der Waals surface area contributed by atoms with E-state index in [1.54, 1.807) is 0 Å². The minimum absolute atomic E-state index is 0.0255. The highest BCUT2D eigenvalue weighted by atomic mass is 35.5. The second kappa shape index (κ2) is 4.73. The van der Waals surface area contributed by atoms with Crippen molar-refractivity contribution in [2.24, 2.45) is 0 Å². The first-order valence-electron chi connectivity index (χ1n) is 4.77. The van der Waals surface area contributed by atoms with Crippen molar-refractivity contribution in [3.05, 3.63) is 40.5 Å². The van der Waals surface area contributed by atoms with E-state index in [1.165, 1.54) is 12.1 Å². The van der Waals surface area contributed by atoms with E-state index >= 15 is 0 Å². The highest BCUT2D eigenvalue weighted by Crippen LogP contribution is 2.33. The van der Waals surface area contributed by atoms with Crippen molar-refractivity contribution in [3.63, 3.8) is 0 Å².